The Labute approximate surface area is 166 Å². The van der Waals surface area contributed by atoms with Crippen LogP contribution < -0.4 is 20.1 Å². The van der Waals surface area contributed by atoms with Gasteiger partial charge >= 0.3 is 6.61 Å². The van der Waals surface area contributed by atoms with E-state index in [1.165, 1.54) is 7.11 Å². The summed E-state index contributed by atoms with van der Waals surface area (Å²) >= 11 is 0. The Balaban J connectivity index is 1.53. The van der Waals surface area contributed by atoms with Gasteiger partial charge in [0, 0.05) is 19.8 Å². The fourth-order valence-corrected chi connectivity index (χ4v) is 2.78. The van der Waals surface area contributed by atoms with Crippen molar-refractivity contribution in [3.8, 4) is 11.5 Å². The predicted octanol–water partition coefficient (Wildman–Crippen LogP) is 2.25. The van der Waals surface area contributed by atoms with Gasteiger partial charge in [-0.2, -0.15) is 8.78 Å². The number of benzene rings is 1. The second-order valence-corrected chi connectivity index (χ2v) is 6.01. The average Bonchev–Trinajstić information content (AvgIpc) is 3.13. The third kappa shape index (κ3) is 5.31. The van der Waals surface area contributed by atoms with Crippen molar-refractivity contribution < 1.29 is 18.3 Å². The van der Waals surface area contributed by atoms with Crippen LogP contribution in [-0.2, 0) is 13.0 Å². The second-order valence-electron chi connectivity index (χ2n) is 6.01. The monoisotopic (exact) mass is 404 g/mol. The van der Waals surface area contributed by atoms with E-state index in [2.05, 4.69) is 30.6 Å². The first-order chi connectivity index (χ1) is 14.1. The lowest BCUT2D eigenvalue weighted by molar-refractivity contribution is -0.0512. The normalized spacial score (nSPS) is 11.7. The Morgan fingerprint density at radius 2 is 2.03 bits per heavy atom. The van der Waals surface area contributed by atoms with Crippen LogP contribution in [-0.4, -0.2) is 47.9 Å². The molecule has 0 fully saturated rings. The summed E-state index contributed by atoms with van der Waals surface area (Å²) in [7, 11) is 3.07. The lowest BCUT2D eigenvalue weighted by Gasteiger charge is -2.13. The fraction of sp³-hybridized carbons (Fsp3) is 0.316. The molecule has 0 atom stereocenters. The summed E-state index contributed by atoms with van der Waals surface area (Å²) in [4.78, 5) is 4.18. The van der Waals surface area contributed by atoms with Gasteiger partial charge < -0.3 is 20.1 Å². The van der Waals surface area contributed by atoms with E-state index in [0.29, 0.717) is 25.5 Å². The summed E-state index contributed by atoms with van der Waals surface area (Å²) in [5, 5.41) is 14.6. The van der Waals surface area contributed by atoms with Gasteiger partial charge in [0.25, 0.3) is 0 Å². The van der Waals surface area contributed by atoms with Crippen LogP contribution in [0.5, 0.6) is 11.5 Å². The fourth-order valence-electron chi connectivity index (χ4n) is 2.78. The van der Waals surface area contributed by atoms with Crippen LogP contribution in [0.3, 0.4) is 0 Å². The van der Waals surface area contributed by atoms with E-state index in [9.17, 15) is 8.78 Å². The van der Waals surface area contributed by atoms with Crippen LogP contribution >= 0.6 is 0 Å². The molecule has 0 amide bonds. The van der Waals surface area contributed by atoms with Crippen molar-refractivity contribution in [3.63, 3.8) is 0 Å². The summed E-state index contributed by atoms with van der Waals surface area (Å²) in [6.07, 6.45) is 2.48. The van der Waals surface area contributed by atoms with E-state index < -0.39 is 6.61 Å². The maximum absolute atomic E-state index is 12.5. The van der Waals surface area contributed by atoms with Crippen LogP contribution in [0.25, 0.3) is 5.65 Å². The number of hydrogen-bond donors (Lipinski definition) is 2. The molecule has 2 aromatic heterocycles. The average molecular weight is 404 g/mol. The molecule has 0 saturated heterocycles. The standard InChI is InChI=1S/C19H22F2N6O2/c1-22-19(24-12-17-26-25-16-5-3-4-10-27(16)17)23-9-8-13-6-7-14(28-2)15(11-13)29-18(20)21/h3-7,10-11,18H,8-9,12H2,1-2H3,(H2,22,23,24). The van der Waals surface area contributed by atoms with E-state index in [4.69, 9.17) is 4.74 Å². The first-order valence-corrected chi connectivity index (χ1v) is 8.95. The smallest absolute Gasteiger partial charge is 0.387 e. The topological polar surface area (TPSA) is 85.1 Å². The number of fused-ring (bicyclic) bond motifs is 1. The number of hydrogen-bond acceptors (Lipinski definition) is 5. The zero-order chi connectivity index (χ0) is 20.6. The number of halogens is 2. The highest BCUT2D eigenvalue weighted by molar-refractivity contribution is 5.79. The molecule has 3 aromatic rings. The van der Waals surface area contributed by atoms with Crippen molar-refractivity contribution in [1.29, 1.82) is 0 Å². The van der Waals surface area contributed by atoms with Gasteiger partial charge in [-0.3, -0.25) is 9.39 Å². The van der Waals surface area contributed by atoms with Crippen LogP contribution in [0.2, 0.25) is 0 Å². The number of guanidine groups is 1. The van der Waals surface area contributed by atoms with Gasteiger partial charge in [-0.1, -0.05) is 12.1 Å². The highest BCUT2D eigenvalue weighted by atomic mass is 19.3. The van der Waals surface area contributed by atoms with Crippen molar-refractivity contribution >= 4 is 11.6 Å². The van der Waals surface area contributed by atoms with E-state index >= 15 is 0 Å². The number of methoxy groups -OCH3 is 1. The Kier molecular flexibility index (Phi) is 6.77. The zero-order valence-electron chi connectivity index (χ0n) is 16.1. The molecule has 154 valence electrons. The van der Waals surface area contributed by atoms with Gasteiger partial charge in [0.1, 0.15) is 0 Å². The number of pyridine rings is 1. The molecule has 3 rings (SSSR count). The molecular formula is C19H22F2N6O2. The lowest BCUT2D eigenvalue weighted by atomic mass is 10.1. The molecule has 0 radical (unpaired) electrons. The molecular weight excluding hydrogens is 382 g/mol. The van der Waals surface area contributed by atoms with Crippen LogP contribution in [0.4, 0.5) is 8.78 Å². The molecule has 0 aliphatic heterocycles. The third-order valence-electron chi connectivity index (χ3n) is 4.17. The SMILES string of the molecule is CN=C(NCCc1ccc(OC)c(OC(F)F)c1)NCc1nnc2ccccn12. The number of ether oxygens (including phenoxy) is 2. The maximum Gasteiger partial charge on any atom is 0.387 e. The van der Waals surface area contributed by atoms with Crippen LogP contribution in [0.15, 0.2) is 47.6 Å². The van der Waals surface area contributed by atoms with Crippen molar-refractivity contribution in [1.82, 2.24) is 25.2 Å². The minimum Gasteiger partial charge on any atom is -0.493 e. The molecule has 8 nitrogen and oxygen atoms in total. The summed E-state index contributed by atoms with van der Waals surface area (Å²) in [5.74, 6) is 1.63. The molecule has 2 N–H and O–H groups in total. The number of aromatic nitrogens is 3. The molecule has 1 aromatic carbocycles. The van der Waals surface area contributed by atoms with Crippen molar-refractivity contribution in [2.45, 2.75) is 19.6 Å². The predicted molar refractivity (Wildman–Crippen MR) is 105 cm³/mol. The minimum absolute atomic E-state index is 0.0150. The van der Waals surface area contributed by atoms with E-state index in [-0.39, 0.29) is 11.5 Å². The van der Waals surface area contributed by atoms with Crippen molar-refractivity contribution in [2.24, 2.45) is 4.99 Å². The molecule has 29 heavy (non-hydrogen) atoms. The summed E-state index contributed by atoms with van der Waals surface area (Å²) < 4.78 is 36.5. The van der Waals surface area contributed by atoms with Gasteiger partial charge in [-0.25, -0.2) is 0 Å². The quantitative estimate of drug-likeness (QED) is 0.443. The molecule has 0 saturated carbocycles. The Hall–Kier alpha value is -3.43. The van der Waals surface area contributed by atoms with E-state index in [1.807, 2.05) is 28.8 Å². The summed E-state index contributed by atoms with van der Waals surface area (Å²) in [6.45, 7) is -1.92. The Morgan fingerprint density at radius 3 is 2.79 bits per heavy atom. The molecule has 0 aliphatic rings. The molecule has 0 aliphatic carbocycles. The van der Waals surface area contributed by atoms with Crippen molar-refractivity contribution in [3.05, 3.63) is 54.0 Å². The van der Waals surface area contributed by atoms with Gasteiger partial charge in [-0.05, 0) is 36.2 Å². The summed E-state index contributed by atoms with van der Waals surface area (Å²) in [6, 6.07) is 10.6. The van der Waals surface area contributed by atoms with Gasteiger partial charge in [-0.15, -0.1) is 10.2 Å². The Bertz CT molecular complexity index is 976. The molecule has 2 heterocycles. The molecule has 0 spiro atoms. The number of alkyl halides is 2. The number of rotatable bonds is 8. The number of nitrogens with zero attached hydrogens (tertiary/aromatic N) is 4. The zero-order valence-corrected chi connectivity index (χ0v) is 16.1. The highest BCUT2D eigenvalue weighted by Crippen LogP contribution is 2.29. The Morgan fingerprint density at radius 1 is 1.17 bits per heavy atom. The third-order valence-corrected chi connectivity index (χ3v) is 4.17. The first-order valence-electron chi connectivity index (χ1n) is 8.95. The maximum atomic E-state index is 12.5. The number of nitrogens with one attached hydrogen (secondary N) is 2. The van der Waals surface area contributed by atoms with Gasteiger partial charge in [0.15, 0.2) is 28.9 Å². The van der Waals surface area contributed by atoms with Crippen molar-refractivity contribution in [2.75, 3.05) is 20.7 Å². The number of aliphatic imine (C=N–C) groups is 1. The minimum atomic E-state index is -2.91. The van der Waals surface area contributed by atoms with E-state index in [1.54, 1.807) is 25.2 Å². The largest absolute Gasteiger partial charge is 0.493 e. The molecule has 0 bridgehead atoms. The molecule has 10 heteroatoms. The lowest BCUT2D eigenvalue weighted by Crippen LogP contribution is -2.38. The second kappa shape index (κ2) is 9.67. The van der Waals surface area contributed by atoms with Gasteiger partial charge in [0.2, 0.25) is 0 Å². The molecule has 0 unspecified atom stereocenters. The summed E-state index contributed by atoms with van der Waals surface area (Å²) in [5.41, 5.74) is 1.60. The van der Waals surface area contributed by atoms with E-state index in [0.717, 1.165) is 17.0 Å². The van der Waals surface area contributed by atoms with Crippen LogP contribution in [0.1, 0.15) is 11.4 Å². The highest BCUT2D eigenvalue weighted by Gasteiger charge is 2.11. The van der Waals surface area contributed by atoms with Gasteiger partial charge in [0.05, 0.1) is 13.7 Å². The first kappa shape index (κ1) is 20.3. The van der Waals surface area contributed by atoms with Crippen LogP contribution in [0, 0.1) is 0 Å².